The van der Waals surface area contributed by atoms with Crippen molar-refractivity contribution in [2.45, 2.75) is 62.9 Å². The van der Waals surface area contributed by atoms with E-state index in [9.17, 15) is 4.79 Å². The zero-order chi connectivity index (χ0) is 19.4. The highest BCUT2D eigenvalue weighted by Crippen LogP contribution is 2.48. The summed E-state index contributed by atoms with van der Waals surface area (Å²) in [6.07, 6.45) is 6.20. The van der Waals surface area contributed by atoms with Crippen LogP contribution in [0.1, 0.15) is 61.3 Å². The fraction of sp³-hybridized carbons (Fsp3) is 0.609. The molecular formula is C23H32N4O. The number of piperidine rings is 1. The molecule has 0 bridgehead atoms. The Bertz CT molecular complexity index is 899. The second-order valence-electron chi connectivity index (χ2n) is 9.13. The monoisotopic (exact) mass is 380 g/mol. The predicted octanol–water partition coefficient (Wildman–Crippen LogP) is 3.81. The molecule has 3 atom stereocenters. The van der Waals surface area contributed by atoms with Gasteiger partial charge in [-0.25, -0.2) is 4.79 Å². The zero-order valence-electron chi connectivity index (χ0n) is 17.3. The van der Waals surface area contributed by atoms with Gasteiger partial charge in [-0.1, -0.05) is 18.6 Å². The van der Waals surface area contributed by atoms with Gasteiger partial charge in [0.2, 0.25) is 0 Å². The number of nitrogens with zero attached hydrogens (tertiary/aromatic N) is 2. The first kappa shape index (κ1) is 18.0. The highest BCUT2D eigenvalue weighted by Gasteiger charge is 2.41. The van der Waals surface area contributed by atoms with Crippen molar-refractivity contribution in [2.75, 3.05) is 27.2 Å². The van der Waals surface area contributed by atoms with E-state index in [1.807, 2.05) is 14.0 Å². The first-order valence-corrected chi connectivity index (χ1v) is 10.9. The molecule has 0 radical (unpaired) electrons. The Morgan fingerprint density at radius 2 is 2.18 bits per heavy atom. The van der Waals surface area contributed by atoms with Crippen LogP contribution in [0.3, 0.4) is 0 Å². The molecule has 2 amide bonds. The summed E-state index contributed by atoms with van der Waals surface area (Å²) >= 11 is 0. The second kappa shape index (κ2) is 6.80. The van der Waals surface area contributed by atoms with Crippen LogP contribution in [0.2, 0.25) is 0 Å². The van der Waals surface area contributed by atoms with Gasteiger partial charge in [-0.3, -0.25) is 0 Å². The fourth-order valence-corrected chi connectivity index (χ4v) is 5.64. The summed E-state index contributed by atoms with van der Waals surface area (Å²) in [5.74, 6) is 1.22. The first-order chi connectivity index (χ1) is 13.6. The number of hydrogen-bond acceptors (Lipinski definition) is 2. The molecule has 1 saturated heterocycles. The van der Waals surface area contributed by atoms with Crippen molar-refractivity contribution < 1.29 is 4.79 Å². The number of aromatic amines is 1. The van der Waals surface area contributed by atoms with Crippen LogP contribution in [-0.2, 0) is 6.42 Å². The van der Waals surface area contributed by atoms with Crippen molar-refractivity contribution in [1.29, 1.82) is 0 Å². The van der Waals surface area contributed by atoms with Gasteiger partial charge in [0.05, 0.1) is 0 Å². The van der Waals surface area contributed by atoms with Crippen molar-refractivity contribution in [3.8, 4) is 0 Å². The summed E-state index contributed by atoms with van der Waals surface area (Å²) in [5.41, 5.74) is 5.89. The maximum atomic E-state index is 12.4. The van der Waals surface area contributed by atoms with Crippen LogP contribution in [0.25, 0.3) is 10.9 Å². The first-order valence-electron chi connectivity index (χ1n) is 10.9. The SMILES string of the molecule is CCN(C)C(=O)NC1CC2c3cccc4[nH]c(C5CCC5)c(c34)CC2N(C)C1. The van der Waals surface area contributed by atoms with Crippen LogP contribution < -0.4 is 5.32 Å². The van der Waals surface area contributed by atoms with E-state index in [-0.39, 0.29) is 12.1 Å². The zero-order valence-corrected chi connectivity index (χ0v) is 17.3. The van der Waals surface area contributed by atoms with E-state index in [1.54, 1.807) is 10.5 Å². The topological polar surface area (TPSA) is 51.4 Å². The number of likely N-dealkylation sites (tertiary alicyclic amines) is 1. The molecule has 3 aliphatic rings. The van der Waals surface area contributed by atoms with Gasteiger partial charge in [0.25, 0.3) is 0 Å². The lowest BCUT2D eigenvalue weighted by molar-refractivity contribution is 0.124. The number of carbonyl (C=O) groups excluding carboxylic acids is 1. The van der Waals surface area contributed by atoms with Gasteiger partial charge in [-0.15, -0.1) is 0 Å². The molecular weight excluding hydrogens is 348 g/mol. The largest absolute Gasteiger partial charge is 0.358 e. The molecule has 2 fully saturated rings. The molecule has 2 heterocycles. The molecule has 1 aromatic heterocycles. The molecule has 2 aliphatic carbocycles. The quantitative estimate of drug-likeness (QED) is 0.851. The number of H-pyrrole nitrogens is 1. The smallest absolute Gasteiger partial charge is 0.317 e. The molecule has 5 heteroatoms. The highest BCUT2D eigenvalue weighted by atomic mass is 16.2. The molecule has 2 aromatic rings. The Balaban J connectivity index is 1.48. The normalized spacial score (nSPS) is 27.3. The van der Waals surface area contributed by atoms with Gasteiger partial charge in [0.15, 0.2) is 0 Å². The average molecular weight is 381 g/mol. The minimum atomic E-state index is 0.0444. The Hall–Kier alpha value is -2.01. The number of fused-ring (bicyclic) bond motifs is 2. The van der Waals surface area contributed by atoms with Gasteiger partial charge in [0.1, 0.15) is 0 Å². The number of nitrogens with one attached hydrogen (secondary N) is 2. The Kier molecular flexibility index (Phi) is 4.38. The van der Waals surface area contributed by atoms with E-state index in [2.05, 4.69) is 40.4 Å². The van der Waals surface area contributed by atoms with E-state index < -0.39 is 0 Å². The van der Waals surface area contributed by atoms with Crippen LogP contribution in [0.15, 0.2) is 18.2 Å². The number of carbonyl (C=O) groups is 1. The third-order valence-corrected chi connectivity index (χ3v) is 7.55. The average Bonchev–Trinajstić information content (AvgIpc) is 3.00. The van der Waals surface area contributed by atoms with Gasteiger partial charge in [-0.05, 0) is 62.8 Å². The van der Waals surface area contributed by atoms with Crippen LogP contribution in [-0.4, -0.2) is 60.1 Å². The van der Waals surface area contributed by atoms with Crippen molar-refractivity contribution in [3.05, 3.63) is 35.0 Å². The molecule has 0 spiro atoms. The van der Waals surface area contributed by atoms with Crippen LogP contribution in [0.4, 0.5) is 4.79 Å². The Labute approximate surface area is 167 Å². The van der Waals surface area contributed by atoms with E-state index in [0.29, 0.717) is 12.0 Å². The minimum Gasteiger partial charge on any atom is -0.358 e. The lowest BCUT2D eigenvalue weighted by Gasteiger charge is -2.46. The number of benzene rings is 1. The van der Waals surface area contributed by atoms with Crippen LogP contribution in [0.5, 0.6) is 0 Å². The van der Waals surface area contributed by atoms with Gasteiger partial charge in [0, 0.05) is 54.7 Å². The summed E-state index contributed by atoms with van der Waals surface area (Å²) in [4.78, 5) is 20.4. The Morgan fingerprint density at radius 3 is 2.89 bits per heavy atom. The molecule has 1 aliphatic heterocycles. The maximum absolute atomic E-state index is 12.4. The molecule has 5 nitrogen and oxygen atoms in total. The van der Waals surface area contributed by atoms with Gasteiger partial charge >= 0.3 is 6.03 Å². The number of rotatable bonds is 3. The van der Waals surface area contributed by atoms with Crippen molar-refractivity contribution in [1.82, 2.24) is 20.1 Å². The van der Waals surface area contributed by atoms with Crippen molar-refractivity contribution in [2.24, 2.45) is 0 Å². The Morgan fingerprint density at radius 1 is 1.36 bits per heavy atom. The van der Waals surface area contributed by atoms with Gasteiger partial charge in [-0.2, -0.15) is 0 Å². The number of likely N-dealkylation sites (N-methyl/N-ethyl adjacent to an activating group) is 1. The lowest BCUT2D eigenvalue weighted by Crippen LogP contribution is -2.56. The number of urea groups is 1. The third kappa shape index (κ3) is 2.74. The molecule has 2 N–H and O–H groups in total. The number of hydrogen-bond donors (Lipinski definition) is 2. The summed E-state index contributed by atoms with van der Waals surface area (Å²) in [7, 11) is 4.10. The molecule has 3 unspecified atom stereocenters. The predicted molar refractivity (Wildman–Crippen MR) is 113 cm³/mol. The summed E-state index contributed by atoms with van der Waals surface area (Å²) in [5, 5.41) is 4.75. The third-order valence-electron chi connectivity index (χ3n) is 7.55. The van der Waals surface area contributed by atoms with E-state index in [4.69, 9.17) is 0 Å². The molecule has 28 heavy (non-hydrogen) atoms. The number of aromatic nitrogens is 1. The van der Waals surface area contributed by atoms with E-state index >= 15 is 0 Å². The summed E-state index contributed by atoms with van der Waals surface area (Å²) < 4.78 is 0. The minimum absolute atomic E-state index is 0.0444. The maximum Gasteiger partial charge on any atom is 0.317 e. The summed E-state index contributed by atoms with van der Waals surface area (Å²) in [6, 6.07) is 7.56. The fourth-order valence-electron chi connectivity index (χ4n) is 5.64. The molecule has 1 aromatic carbocycles. The molecule has 5 rings (SSSR count). The van der Waals surface area contributed by atoms with Crippen molar-refractivity contribution >= 4 is 16.9 Å². The van der Waals surface area contributed by atoms with Crippen molar-refractivity contribution in [3.63, 3.8) is 0 Å². The number of amides is 2. The molecule has 150 valence electrons. The summed E-state index contributed by atoms with van der Waals surface area (Å²) in [6.45, 7) is 3.67. The second-order valence-corrected chi connectivity index (χ2v) is 9.13. The van der Waals surface area contributed by atoms with Crippen LogP contribution in [0, 0.1) is 0 Å². The standard InChI is InChI=1S/C23H32N4O/c1-4-26(2)23(28)24-15-11-17-16-9-6-10-19-21(16)18(12-20(17)27(3)13-15)22(25-19)14-7-5-8-14/h6,9-10,14-15,17,20,25H,4-5,7-8,11-13H2,1-3H3,(H,24,28). The van der Waals surface area contributed by atoms with Gasteiger partial charge < -0.3 is 20.1 Å². The molecule has 1 saturated carbocycles. The van der Waals surface area contributed by atoms with E-state index in [0.717, 1.165) is 31.8 Å². The lowest BCUT2D eigenvalue weighted by atomic mass is 9.72. The highest BCUT2D eigenvalue weighted by molar-refractivity contribution is 5.90. The van der Waals surface area contributed by atoms with Crippen LogP contribution >= 0.6 is 0 Å². The van der Waals surface area contributed by atoms with E-state index in [1.165, 1.54) is 41.4 Å².